The van der Waals surface area contributed by atoms with E-state index in [9.17, 15) is 4.79 Å². The number of hydrogen-bond donors (Lipinski definition) is 1. The number of rotatable bonds is 6. The number of amides is 1. The smallest absolute Gasteiger partial charge is 0.246 e. The molecule has 3 rings (SSSR count). The molecule has 0 saturated heterocycles. The van der Waals surface area contributed by atoms with E-state index in [1.54, 1.807) is 13.2 Å². The van der Waals surface area contributed by atoms with Crippen molar-refractivity contribution >= 4 is 12.0 Å². The average Bonchev–Trinajstić information content (AvgIpc) is 3.15. The third-order valence-corrected chi connectivity index (χ3v) is 3.44. The van der Waals surface area contributed by atoms with Crippen LogP contribution in [-0.2, 0) is 11.3 Å². The molecule has 25 heavy (non-hydrogen) atoms. The van der Waals surface area contributed by atoms with Crippen LogP contribution in [0.2, 0.25) is 0 Å². The summed E-state index contributed by atoms with van der Waals surface area (Å²) in [5.41, 5.74) is 1.74. The highest BCUT2D eigenvalue weighted by molar-refractivity contribution is 5.91. The Labute approximate surface area is 145 Å². The SMILES string of the molecule is COc1cccc(-c2noc(CNC(=O)C=Cc3ccccc3)n2)c1. The number of nitrogens with zero attached hydrogens (tertiary/aromatic N) is 2. The van der Waals surface area contributed by atoms with Crippen molar-refractivity contribution < 1.29 is 14.1 Å². The Morgan fingerprint density at radius 2 is 2.04 bits per heavy atom. The molecule has 0 bridgehead atoms. The Morgan fingerprint density at radius 1 is 1.20 bits per heavy atom. The summed E-state index contributed by atoms with van der Waals surface area (Å²) in [7, 11) is 1.60. The quantitative estimate of drug-likeness (QED) is 0.701. The minimum Gasteiger partial charge on any atom is -0.497 e. The highest BCUT2D eigenvalue weighted by Crippen LogP contribution is 2.21. The van der Waals surface area contributed by atoms with Crippen LogP contribution < -0.4 is 10.1 Å². The van der Waals surface area contributed by atoms with E-state index in [1.807, 2.05) is 54.6 Å². The normalized spacial score (nSPS) is 10.8. The number of benzene rings is 2. The third-order valence-electron chi connectivity index (χ3n) is 3.44. The maximum atomic E-state index is 11.8. The zero-order valence-corrected chi connectivity index (χ0v) is 13.7. The van der Waals surface area contributed by atoms with E-state index >= 15 is 0 Å². The first-order valence-corrected chi connectivity index (χ1v) is 7.72. The van der Waals surface area contributed by atoms with Crippen LogP contribution >= 0.6 is 0 Å². The van der Waals surface area contributed by atoms with Crippen molar-refractivity contribution in [2.24, 2.45) is 0 Å². The first-order chi connectivity index (χ1) is 12.2. The topological polar surface area (TPSA) is 77.3 Å². The zero-order chi connectivity index (χ0) is 17.5. The molecule has 0 saturated carbocycles. The van der Waals surface area contributed by atoms with Crippen molar-refractivity contribution in [3.8, 4) is 17.1 Å². The van der Waals surface area contributed by atoms with Crippen LogP contribution in [0.5, 0.6) is 5.75 Å². The number of carbonyl (C=O) groups is 1. The number of nitrogens with one attached hydrogen (secondary N) is 1. The minimum atomic E-state index is -0.231. The molecule has 0 radical (unpaired) electrons. The molecule has 0 atom stereocenters. The maximum Gasteiger partial charge on any atom is 0.246 e. The summed E-state index contributed by atoms with van der Waals surface area (Å²) < 4.78 is 10.3. The molecule has 0 aliphatic rings. The van der Waals surface area contributed by atoms with Gasteiger partial charge in [0.05, 0.1) is 13.7 Å². The van der Waals surface area contributed by atoms with Crippen molar-refractivity contribution in [3.05, 3.63) is 72.1 Å². The zero-order valence-electron chi connectivity index (χ0n) is 13.7. The molecule has 1 N–H and O–H groups in total. The number of hydrogen-bond acceptors (Lipinski definition) is 5. The lowest BCUT2D eigenvalue weighted by atomic mass is 10.2. The van der Waals surface area contributed by atoms with E-state index in [4.69, 9.17) is 9.26 Å². The minimum absolute atomic E-state index is 0.162. The van der Waals surface area contributed by atoms with Crippen molar-refractivity contribution in [2.45, 2.75) is 6.54 Å². The molecular weight excluding hydrogens is 318 g/mol. The molecule has 0 fully saturated rings. The summed E-state index contributed by atoms with van der Waals surface area (Å²) in [6, 6.07) is 16.9. The first-order valence-electron chi connectivity index (χ1n) is 7.72. The van der Waals surface area contributed by atoms with E-state index in [0.29, 0.717) is 17.5 Å². The lowest BCUT2D eigenvalue weighted by molar-refractivity contribution is -0.116. The van der Waals surface area contributed by atoms with Gasteiger partial charge in [-0.15, -0.1) is 0 Å². The Kier molecular flexibility index (Phi) is 5.21. The molecule has 1 aromatic heterocycles. The Bertz CT molecular complexity index is 872. The van der Waals surface area contributed by atoms with Gasteiger partial charge in [-0.3, -0.25) is 4.79 Å². The molecule has 1 amide bonds. The van der Waals surface area contributed by atoms with Crippen molar-refractivity contribution in [3.63, 3.8) is 0 Å². The van der Waals surface area contributed by atoms with Gasteiger partial charge in [0.1, 0.15) is 5.75 Å². The van der Waals surface area contributed by atoms with Crippen molar-refractivity contribution in [1.82, 2.24) is 15.5 Å². The van der Waals surface area contributed by atoms with Crippen LogP contribution in [0.1, 0.15) is 11.5 Å². The van der Waals surface area contributed by atoms with Crippen molar-refractivity contribution in [2.75, 3.05) is 7.11 Å². The number of carbonyl (C=O) groups excluding carboxylic acids is 1. The summed E-state index contributed by atoms with van der Waals surface area (Å²) in [6.45, 7) is 0.162. The average molecular weight is 335 g/mol. The second-order valence-electron chi connectivity index (χ2n) is 5.21. The van der Waals surface area contributed by atoms with Crippen LogP contribution in [0.15, 0.2) is 65.2 Å². The molecular formula is C19H17N3O3. The Hall–Kier alpha value is -3.41. The van der Waals surface area contributed by atoms with Crippen molar-refractivity contribution in [1.29, 1.82) is 0 Å². The van der Waals surface area contributed by atoms with Gasteiger partial charge in [-0.05, 0) is 23.8 Å². The second-order valence-corrected chi connectivity index (χ2v) is 5.21. The Morgan fingerprint density at radius 3 is 2.84 bits per heavy atom. The molecule has 6 heteroatoms. The fourth-order valence-electron chi connectivity index (χ4n) is 2.16. The fraction of sp³-hybridized carbons (Fsp3) is 0.105. The highest BCUT2D eigenvalue weighted by atomic mass is 16.5. The van der Waals surface area contributed by atoms with Gasteiger partial charge in [0.25, 0.3) is 0 Å². The standard InChI is InChI=1S/C19H17N3O3/c1-24-16-9-5-8-15(12-16)19-21-18(25-22-19)13-20-17(23)11-10-14-6-3-2-4-7-14/h2-12H,13H2,1H3,(H,20,23). The highest BCUT2D eigenvalue weighted by Gasteiger charge is 2.09. The molecule has 6 nitrogen and oxygen atoms in total. The first kappa shape index (κ1) is 16.4. The summed E-state index contributed by atoms with van der Waals surface area (Å²) in [5, 5.41) is 6.63. The fourth-order valence-corrected chi connectivity index (χ4v) is 2.16. The van der Waals surface area contributed by atoms with Crippen LogP contribution in [0.3, 0.4) is 0 Å². The van der Waals surface area contributed by atoms with Gasteiger partial charge in [0.15, 0.2) is 0 Å². The predicted octanol–water partition coefficient (Wildman–Crippen LogP) is 3.07. The van der Waals surface area contributed by atoms with Crippen LogP contribution in [0.4, 0.5) is 0 Å². The summed E-state index contributed by atoms with van der Waals surface area (Å²) in [6.07, 6.45) is 3.21. The van der Waals surface area contributed by atoms with Gasteiger partial charge >= 0.3 is 0 Å². The second kappa shape index (κ2) is 7.92. The van der Waals surface area contributed by atoms with Gasteiger partial charge in [-0.2, -0.15) is 4.98 Å². The molecule has 126 valence electrons. The lowest BCUT2D eigenvalue weighted by Crippen LogP contribution is -2.20. The molecule has 3 aromatic rings. The predicted molar refractivity (Wildman–Crippen MR) is 93.6 cm³/mol. The molecule has 0 unspecified atom stereocenters. The van der Waals surface area contributed by atoms with Crippen LogP contribution in [-0.4, -0.2) is 23.2 Å². The molecule has 0 spiro atoms. The molecule has 0 aliphatic carbocycles. The van der Waals surface area contributed by atoms with E-state index in [2.05, 4.69) is 15.5 Å². The van der Waals surface area contributed by atoms with Crippen LogP contribution in [0.25, 0.3) is 17.5 Å². The summed E-state index contributed by atoms with van der Waals surface area (Å²) in [4.78, 5) is 16.1. The maximum absolute atomic E-state index is 11.8. The third kappa shape index (κ3) is 4.54. The van der Waals surface area contributed by atoms with Gasteiger partial charge in [0, 0.05) is 11.6 Å². The summed E-state index contributed by atoms with van der Waals surface area (Å²) >= 11 is 0. The van der Waals surface area contributed by atoms with Gasteiger partial charge in [-0.25, -0.2) is 0 Å². The molecule has 1 heterocycles. The van der Waals surface area contributed by atoms with Crippen LogP contribution in [0, 0.1) is 0 Å². The number of methoxy groups -OCH3 is 1. The van der Waals surface area contributed by atoms with Gasteiger partial charge < -0.3 is 14.6 Å². The van der Waals surface area contributed by atoms with E-state index in [0.717, 1.165) is 11.1 Å². The largest absolute Gasteiger partial charge is 0.497 e. The molecule has 0 aliphatic heterocycles. The number of ether oxygens (including phenoxy) is 1. The van der Waals surface area contributed by atoms with E-state index in [-0.39, 0.29) is 12.5 Å². The van der Waals surface area contributed by atoms with E-state index in [1.165, 1.54) is 6.08 Å². The summed E-state index contributed by atoms with van der Waals surface area (Å²) in [5.74, 6) is 1.26. The van der Waals surface area contributed by atoms with Gasteiger partial charge in [-0.1, -0.05) is 47.6 Å². The van der Waals surface area contributed by atoms with Gasteiger partial charge in [0.2, 0.25) is 17.6 Å². The lowest BCUT2D eigenvalue weighted by Gasteiger charge is -2.00. The number of aromatic nitrogens is 2. The Balaban J connectivity index is 1.58. The molecule has 2 aromatic carbocycles. The van der Waals surface area contributed by atoms with E-state index < -0.39 is 0 Å². The monoisotopic (exact) mass is 335 g/mol.